The van der Waals surface area contributed by atoms with E-state index in [0.29, 0.717) is 5.69 Å². The molecule has 3 unspecified atom stereocenters. The third-order valence-corrected chi connectivity index (χ3v) is 9.00. The maximum atomic E-state index is 12.6. The van der Waals surface area contributed by atoms with Gasteiger partial charge in [-0.15, -0.1) is 5.10 Å². The lowest BCUT2D eigenvalue weighted by molar-refractivity contribution is -0.0541. The highest BCUT2D eigenvalue weighted by Crippen LogP contribution is 2.66. The van der Waals surface area contributed by atoms with E-state index in [-0.39, 0.29) is 11.5 Å². The second-order valence-electron chi connectivity index (χ2n) is 8.05. The third kappa shape index (κ3) is 7.15. The number of hydrogen-bond donors (Lipinski definition) is 7. The normalized spacial score (nSPS) is 24.4. The number of ether oxygens (including phenoxy) is 1. The van der Waals surface area contributed by atoms with Gasteiger partial charge in [0.15, 0.2) is 12.0 Å². The first-order valence-corrected chi connectivity index (χ1v) is 15.2. The van der Waals surface area contributed by atoms with Crippen LogP contribution in [0.25, 0.3) is 16.9 Å². The SMILES string of the molecule is Nc1nc(=O)n([C@@H]2O[C@H](COP(=O)(O)OP(=O)(O)OP(=O)(O)O)C(O)[C@@H]2O)cc1-n1cc(-c2ccccc2)nn1. The van der Waals surface area contributed by atoms with Crippen LogP contribution in [0.15, 0.2) is 47.5 Å². The molecule has 1 saturated heterocycles. The second kappa shape index (κ2) is 11.3. The van der Waals surface area contributed by atoms with E-state index in [0.717, 1.165) is 16.3 Å². The smallest absolute Gasteiger partial charge is 0.387 e. The maximum absolute atomic E-state index is 12.6. The van der Waals surface area contributed by atoms with Crippen LogP contribution in [0.5, 0.6) is 0 Å². The summed E-state index contributed by atoms with van der Waals surface area (Å²) in [6.07, 6.45) is -4.35. The van der Waals surface area contributed by atoms with E-state index in [1.54, 1.807) is 24.3 Å². The summed E-state index contributed by atoms with van der Waals surface area (Å²) in [5.74, 6) is -0.261. The highest BCUT2D eigenvalue weighted by molar-refractivity contribution is 7.66. The van der Waals surface area contributed by atoms with Crippen molar-refractivity contribution in [3.8, 4) is 16.9 Å². The topological polar surface area (TPSA) is 301 Å². The quantitative estimate of drug-likeness (QED) is 0.133. The molecule has 1 fully saturated rings. The van der Waals surface area contributed by atoms with Gasteiger partial charge in [0.2, 0.25) is 0 Å². The minimum Gasteiger partial charge on any atom is -0.387 e. The van der Waals surface area contributed by atoms with Crippen LogP contribution in [0, 0.1) is 0 Å². The largest absolute Gasteiger partial charge is 0.490 e. The van der Waals surface area contributed by atoms with E-state index in [1.807, 2.05) is 6.07 Å². The number of nitrogen functional groups attached to an aromatic ring is 1. The van der Waals surface area contributed by atoms with Gasteiger partial charge < -0.3 is 40.3 Å². The minimum atomic E-state index is -5.78. The predicted octanol–water partition coefficient (Wildman–Crippen LogP) is -0.964. The van der Waals surface area contributed by atoms with Gasteiger partial charge in [-0.05, 0) is 0 Å². The number of aliphatic hydroxyl groups is 2. The molecule has 4 rings (SSSR count). The minimum absolute atomic E-state index is 0.0382. The third-order valence-electron chi connectivity index (χ3n) is 5.20. The van der Waals surface area contributed by atoms with Crippen LogP contribution in [0.2, 0.25) is 0 Å². The lowest BCUT2D eigenvalue weighted by atomic mass is 10.1. The van der Waals surface area contributed by atoms with Gasteiger partial charge in [0.1, 0.15) is 29.7 Å². The average Bonchev–Trinajstić information content (AvgIpc) is 3.42. The van der Waals surface area contributed by atoms with Crippen molar-refractivity contribution in [2.24, 2.45) is 0 Å². The zero-order valence-corrected chi connectivity index (χ0v) is 22.3. The summed E-state index contributed by atoms with van der Waals surface area (Å²) in [6.45, 7) is -1.08. The van der Waals surface area contributed by atoms with Crippen molar-refractivity contribution in [1.82, 2.24) is 24.5 Å². The van der Waals surface area contributed by atoms with Gasteiger partial charge in [-0.1, -0.05) is 35.5 Å². The molecular weight excluding hydrogens is 605 g/mol. The Morgan fingerprint density at radius 3 is 2.30 bits per heavy atom. The molecule has 0 saturated carbocycles. The molecule has 0 spiro atoms. The number of aromatic nitrogens is 5. The van der Waals surface area contributed by atoms with Gasteiger partial charge in [-0.25, -0.2) is 23.2 Å². The lowest BCUT2D eigenvalue weighted by Gasteiger charge is -2.19. The summed E-state index contributed by atoms with van der Waals surface area (Å²) in [7, 11) is -16.9. The number of aliphatic hydroxyl groups excluding tert-OH is 2. The van der Waals surface area contributed by atoms with Gasteiger partial charge in [0.25, 0.3) is 0 Å². The van der Waals surface area contributed by atoms with E-state index in [1.165, 1.54) is 10.9 Å². The molecule has 0 amide bonds. The molecule has 3 aromatic rings. The standard InChI is InChI=1S/C17H21N6O14P3/c18-15-11(23-6-10(20-21-23)9-4-2-1-3-5-9)7-22(17(26)19-15)16-14(25)13(24)12(35-16)8-34-39(30,31)37-40(32,33)36-38(27,28)29/h1-7,12-14,16,24-25H,8H2,(H,30,31)(H,32,33)(H2,18,19,26)(H2,27,28,29)/t12-,13?,14+,16-/m1/s1. The summed E-state index contributed by atoms with van der Waals surface area (Å²) in [5, 5.41) is 28.8. The van der Waals surface area contributed by atoms with Crippen LogP contribution in [-0.2, 0) is 31.6 Å². The Labute approximate surface area is 222 Å². The Kier molecular flexibility index (Phi) is 8.56. The number of phosphoric acid groups is 3. The molecule has 0 aliphatic carbocycles. The Balaban J connectivity index is 1.51. The Hall–Kier alpha value is -2.67. The molecule has 218 valence electrons. The molecule has 0 bridgehead atoms. The molecular formula is C17H21N6O14P3. The van der Waals surface area contributed by atoms with Crippen molar-refractivity contribution in [2.45, 2.75) is 24.5 Å². The fourth-order valence-electron chi connectivity index (χ4n) is 3.52. The number of phosphoric ester groups is 1. The number of nitrogens with zero attached hydrogens (tertiary/aromatic N) is 5. The number of benzene rings is 1. The van der Waals surface area contributed by atoms with Crippen molar-refractivity contribution in [2.75, 3.05) is 12.3 Å². The fraction of sp³-hybridized carbons (Fsp3) is 0.294. The monoisotopic (exact) mass is 626 g/mol. The number of hydrogen-bond acceptors (Lipinski definition) is 14. The van der Waals surface area contributed by atoms with Crippen molar-refractivity contribution < 1.29 is 61.4 Å². The van der Waals surface area contributed by atoms with E-state index in [9.17, 15) is 38.5 Å². The molecule has 1 aliphatic heterocycles. The highest BCUT2D eigenvalue weighted by Gasteiger charge is 2.47. The molecule has 1 aliphatic rings. The molecule has 3 heterocycles. The lowest BCUT2D eigenvalue weighted by Crippen LogP contribution is -2.36. The summed E-state index contributed by atoms with van der Waals surface area (Å²) in [6, 6.07) is 8.95. The van der Waals surface area contributed by atoms with Crippen molar-refractivity contribution in [3.05, 3.63) is 53.2 Å². The van der Waals surface area contributed by atoms with Crippen LogP contribution >= 0.6 is 23.5 Å². The Morgan fingerprint density at radius 2 is 1.65 bits per heavy atom. The predicted molar refractivity (Wildman–Crippen MR) is 129 cm³/mol. The van der Waals surface area contributed by atoms with Crippen LogP contribution in [-0.4, -0.2) is 79.3 Å². The van der Waals surface area contributed by atoms with Crippen LogP contribution in [0.4, 0.5) is 5.82 Å². The second-order valence-corrected chi connectivity index (χ2v) is 12.5. The van der Waals surface area contributed by atoms with Crippen LogP contribution < -0.4 is 11.4 Å². The fourth-order valence-corrected chi connectivity index (χ4v) is 6.55. The summed E-state index contributed by atoms with van der Waals surface area (Å²) < 4.78 is 53.1. The van der Waals surface area contributed by atoms with E-state index < -0.39 is 60.3 Å². The average molecular weight is 626 g/mol. The first-order valence-electron chi connectivity index (χ1n) is 10.7. The molecule has 8 N–H and O–H groups in total. The van der Waals surface area contributed by atoms with Gasteiger partial charge in [-0.3, -0.25) is 9.09 Å². The summed E-state index contributed by atoms with van der Waals surface area (Å²) >= 11 is 0. The number of anilines is 1. The maximum Gasteiger partial charge on any atom is 0.490 e. The van der Waals surface area contributed by atoms with Crippen molar-refractivity contribution in [3.63, 3.8) is 0 Å². The zero-order chi connectivity index (χ0) is 29.5. The van der Waals surface area contributed by atoms with E-state index >= 15 is 0 Å². The number of rotatable bonds is 10. The van der Waals surface area contributed by atoms with Crippen molar-refractivity contribution in [1.29, 1.82) is 0 Å². The van der Waals surface area contributed by atoms with E-state index in [2.05, 4.69) is 28.4 Å². The molecule has 0 radical (unpaired) electrons. The van der Waals surface area contributed by atoms with Gasteiger partial charge in [0, 0.05) is 11.8 Å². The van der Waals surface area contributed by atoms with Gasteiger partial charge in [0.05, 0.1) is 12.8 Å². The Morgan fingerprint density at radius 1 is 0.975 bits per heavy atom. The Bertz CT molecular complexity index is 1580. The van der Waals surface area contributed by atoms with Gasteiger partial charge in [-0.2, -0.15) is 13.6 Å². The first-order chi connectivity index (χ1) is 18.6. The van der Waals surface area contributed by atoms with Crippen LogP contribution in [0.3, 0.4) is 0 Å². The molecule has 6 atom stereocenters. The molecule has 23 heteroatoms. The summed E-state index contributed by atoms with van der Waals surface area (Å²) in [4.78, 5) is 52.2. The molecule has 2 aromatic heterocycles. The molecule has 20 nitrogen and oxygen atoms in total. The first kappa shape index (κ1) is 30.3. The number of nitrogens with two attached hydrogens (primary N) is 1. The molecule has 40 heavy (non-hydrogen) atoms. The van der Waals surface area contributed by atoms with Crippen molar-refractivity contribution >= 4 is 29.3 Å². The zero-order valence-electron chi connectivity index (χ0n) is 19.7. The molecule has 1 aromatic carbocycles. The summed E-state index contributed by atoms with van der Waals surface area (Å²) in [5.41, 5.74) is 6.08. The van der Waals surface area contributed by atoms with Gasteiger partial charge >= 0.3 is 29.2 Å². The van der Waals surface area contributed by atoms with Crippen LogP contribution in [0.1, 0.15) is 6.23 Å². The highest BCUT2D eigenvalue weighted by atomic mass is 31.3. The van der Waals surface area contributed by atoms with E-state index in [4.69, 9.17) is 20.3 Å².